The standard InChI is InChI=1S/C18H12F4N4O/c1-10-4-5-23-9-13(10)11-6-14(25-15(7-11)18(20,21)22)17(27)26-16-3-2-12(19)8-24-16/h2-9H,1H3,(H,24,26,27). The molecule has 5 nitrogen and oxygen atoms in total. The minimum Gasteiger partial charge on any atom is -0.305 e. The lowest BCUT2D eigenvalue weighted by atomic mass is 10.0. The molecule has 0 unspecified atom stereocenters. The van der Waals surface area contributed by atoms with E-state index < -0.39 is 29.3 Å². The van der Waals surface area contributed by atoms with Gasteiger partial charge in [0.25, 0.3) is 5.91 Å². The minimum absolute atomic E-state index is 0.0141. The van der Waals surface area contributed by atoms with Crippen molar-refractivity contribution in [3.8, 4) is 11.1 Å². The molecule has 0 aliphatic carbocycles. The molecule has 0 saturated heterocycles. The average Bonchev–Trinajstić information content (AvgIpc) is 2.63. The van der Waals surface area contributed by atoms with Gasteiger partial charge in [0.1, 0.15) is 23.0 Å². The van der Waals surface area contributed by atoms with E-state index in [9.17, 15) is 22.4 Å². The van der Waals surface area contributed by atoms with Gasteiger partial charge in [-0.15, -0.1) is 0 Å². The first-order valence-corrected chi connectivity index (χ1v) is 7.67. The molecule has 0 aliphatic heterocycles. The first kappa shape index (κ1) is 18.4. The van der Waals surface area contributed by atoms with Gasteiger partial charge >= 0.3 is 6.18 Å². The number of halogens is 4. The second-order valence-corrected chi connectivity index (χ2v) is 5.63. The number of hydrogen-bond acceptors (Lipinski definition) is 4. The van der Waals surface area contributed by atoms with Crippen LogP contribution in [-0.2, 0) is 6.18 Å². The van der Waals surface area contributed by atoms with Crippen molar-refractivity contribution in [1.29, 1.82) is 0 Å². The molecule has 0 aromatic carbocycles. The number of rotatable bonds is 3. The average molecular weight is 376 g/mol. The zero-order chi connectivity index (χ0) is 19.6. The summed E-state index contributed by atoms with van der Waals surface area (Å²) in [5.41, 5.74) is -0.370. The summed E-state index contributed by atoms with van der Waals surface area (Å²) in [4.78, 5) is 23.3. The van der Waals surface area contributed by atoms with Crippen molar-refractivity contribution in [3.63, 3.8) is 0 Å². The van der Waals surface area contributed by atoms with Gasteiger partial charge in [-0.1, -0.05) is 0 Å². The molecule has 0 spiro atoms. The van der Waals surface area contributed by atoms with Gasteiger partial charge in [0.15, 0.2) is 0 Å². The van der Waals surface area contributed by atoms with E-state index in [2.05, 4.69) is 20.3 Å². The van der Waals surface area contributed by atoms with Crippen LogP contribution in [0.25, 0.3) is 11.1 Å². The number of carbonyl (C=O) groups excluding carboxylic acids is 1. The Balaban J connectivity index is 2.03. The van der Waals surface area contributed by atoms with Gasteiger partial charge in [-0.05, 0) is 48.4 Å². The summed E-state index contributed by atoms with van der Waals surface area (Å²) in [6.07, 6.45) is -0.943. The molecule has 3 heterocycles. The molecule has 3 aromatic rings. The first-order chi connectivity index (χ1) is 12.7. The molecule has 0 bridgehead atoms. The van der Waals surface area contributed by atoms with Gasteiger partial charge in [-0.2, -0.15) is 13.2 Å². The Hall–Kier alpha value is -3.36. The Kier molecular flexibility index (Phi) is 4.85. The van der Waals surface area contributed by atoms with Crippen LogP contribution in [0.2, 0.25) is 0 Å². The SMILES string of the molecule is Cc1ccncc1-c1cc(C(=O)Nc2ccc(F)cn2)nc(C(F)(F)F)c1. The Morgan fingerprint density at radius 1 is 1.11 bits per heavy atom. The number of alkyl halides is 3. The summed E-state index contributed by atoms with van der Waals surface area (Å²) < 4.78 is 52.6. The lowest BCUT2D eigenvalue weighted by Crippen LogP contribution is -2.18. The predicted molar refractivity (Wildman–Crippen MR) is 89.4 cm³/mol. The van der Waals surface area contributed by atoms with Gasteiger partial charge in [-0.25, -0.2) is 14.4 Å². The summed E-state index contributed by atoms with van der Waals surface area (Å²) in [6, 6.07) is 5.99. The quantitative estimate of drug-likeness (QED) is 0.694. The molecule has 0 atom stereocenters. The zero-order valence-electron chi connectivity index (χ0n) is 13.9. The molecular weight excluding hydrogens is 364 g/mol. The van der Waals surface area contributed by atoms with E-state index in [1.54, 1.807) is 13.0 Å². The Labute approximate surface area is 151 Å². The highest BCUT2D eigenvalue weighted by Gasteiger charge is 2.34. The van der Waals surface area contributed by atoms with E-state index in [1.807, 2.05) is 0 Å². The van der Waals surface area contributed by atoms with E-state index in [4.69, 9.17) is 0 Å². The van der Waals surface area contributed by atoms with E-state index in [1.165, 1.54) is 24.5 Å². The van der Waals surface area contributed by atoms with Gasteiger partial charge in [0.05, 0.1) is 6.20 Å². The molecule has 1 amide bonds. The van der Waals surface area contributed by atoms with Gasteiger partial charge in [0.2, 0.25) is 0 Å². The van der Waals surface area contributed by atoms with Gasteiger partial charge in [-0.3, -0.25) is 9.78 Å². The molecule has 3 rings (SSSR count). The van der Waals surface area contributed by atoms with Gasteiger partial charge in [0, 0.05) is 18.0 Å². The topological polar surface area (TPSA) is 67.8 Å². The second kappa shape index (κ2) is 7.10. The number of aryl methyl sites for hydroxylation is 1. The fourth-order valence-electron chi connectivity index (χ4n) is 2.34. The predicted octanol–water partition coefficient (Wildman–Crippen LogP) is 4.26. The largest absolute Gasteiger partial charge is 0.433 e. The summed E-state index contributed by atoms with van der Waals surface area (Å²) in [7, 11) is 0. The van der Waals surface area contributed by atoms with Crippen LogP contribution in [0.15, 0.2) is 48.9 Å². The molecular formula is C18H12F4N4O. The molecule has 27 heavy (non-hydrogen) atoms. The first-order valence-electron chi connectivity index (χ1n) is 7.67. The van der Waals surface area contributed by atoms with Crippen LogP contribution < -0.4 is 5.32 Å². The van der Waals surface area contributed by atoms with Crippen LogP contribution in [0.3, 0.4) is 0 Å². The Morgan fingerprint density at radius 3 is 2.52 bits per heavy atom. The number of hydrogen-bond donors (Lipinski definition) is 1. The van der Waals surface area contributed by atoms with E-state index in [-0.39, 0.29) is 11.4 Å². The molecule has 0 fully saturated rings. The zero-order valence-corrected chi connectivity index (χ0v) is 13.9. The molecule has 0 radical (unpaired) electrons. The highest BCUT2D eigenvalue weighted by atomic mass is 19.4. The Morgan fingerprint density at radius 2 is 1.89 bits per heavy atom. The van der Waals surface area contributed by atoms with Crippen LogP contribution in [0, 0.1) is 12.7 Å². The van der Waals surface area contributed by atoms with Crippen LogP contribution >= 0.6 is 0 Å². The third-order valence-corrected chi connectivity index (χ3v) is 3.67. The summed E-state index contributed by atoms with van der Waals surface area (Å²) in [6.45, 7) is 1.72. The normalized spacial score (nSPS) is 11.3. The van der Waals surface area contributed by atoms with E-state index >= 15 is 0 Å². The molecule has 9 heteroatoms. The van der Waals surface area contributed by atoms with Gasteiger partial charge < -0.3 is 5.32 Å². The smallest absolute Gasteiger partial charge is 0.305 e. The van der Waals surface area contributed by atoms with E-state index in [0.717, 1.165) is 18.3 Å². The summed E-state index contributed by atoms with van der Waals surface area (Å²) in [5, 5.41) is 2.30. The maximum absolute atomic E-state index is 13.2. The molecule has 0 saturated carbocycles. The van der Waals surface area contributed by atoms with Crippen molar-refractivity contribution in [3.05, 3.63) is 71.7 Å². The van der Waals surface area contributed by atoms with Crippen molar-refractivity contribution in [2.75, 3.05) is 5.32 Å². The van der Waals surface area contributed by atoms with Crippen LogP contribution in [0.5, 0.6) is 0 Å². The maximum atomic E-state index is 13.2. The monoisotopic (exact) mass is 376 g/mol. The summed E-state index contributed by atoms with van der Waals surface area (Å²) >= 11 is 0. The highest BCUT2D eigenvalue weighted by Crippen LogP contribution is 2.32. The van der Waals surface area contributed by atoms with Crippen LogP contribution in [0.4, 0.5) is 23.4 Å². The third kappa shape index (κ3) is 4.25. The summed E-state index contributed by atoms with van der Waals surface area (Å²) in [5.74, 6) is -1.53. The Bertz CT molecular complexity index is 987. The number of nitrogens with one attached hydrogen (secondary N) is 1. The number of nitrogens with zero attached hydrogens (tertiary/aromatic N) is 3. The van der Waals surface area contributed by atoms with Crippen LogP contribution in [0.1, 0.15) is 21.7 Å². The van der Waals surface area contributed by atoms with Crippen molar-refractivity contribution >= 4 is 11.7 Å². The van der Waals surface area contributed by atoms with Crippen molar-refractivity contribution in [1.82, 2.24) is 15.0 Å². The third-order valence-electron chi connectivity index (χ3n) is 3.67. The molecule has 3 aromatic heterocycles. The van der Waals surface area contributed by atoms with Crippen LogP contribution in [-0.4, -0.2) is 20.9 Å². The molecule has 138 valence electrons. The van der Waals surface area contributed by atoms with Crippen molar-refractivity contribution in [2.45, 2.75) is 13.1 Å². The number of amides is 1. The second-order valence-electron chi connectivity index (χ2n) is 5.63. The number of aromatic nitrogens is 3. The molecule has 1 N–H and O–H groups in total. The highest BCUT2D eigenvalue weighted by molar-refractivity contribution is 6.03. The minimum atomic E-state index is -4.74. The lowest BCUT2D eigenvalue weighted by molar-refractivity contribution is -0.141. The fourth-order valence-corrected chi connectivity index (χ4v) is 2.34. The van der Waals surface area contributed by atoms with E-state index in [0.29, 0.717) is 11.1 Å². The van der Waals surface area contributed by atoms with Crippen molar-refractivity contribution < 1.29 is 22.4 Å². The number of anilines is 1. The van der Waals surface area contributed by atoms with Crippen molar-refractivity contribution in [2.24, 2.45) is 0 Å². The molecule has 0 aliphatic rings. The number of pyridine rings is 3. The fraction of sp³-hybridized carbons (Fsp3) is 0.111. The maximum Gasteiger partial charge on any atom is 0.433 e. The lowest BCUT2D eigenvalue weighted by Gasteiger charge is -2.12. The number of carbonyl (C=O) groups is 1.